The quantitative estimate of drug-likeness (QED) is 0.789. The molecule has 0 aliphatic carbocycles. The number of amides is 1. The Labute approximate surface area is 147 Å². The average Bonchev–Trinajstić information content (AvgIpc) is 3.06. The van der Waals surface area contributed by atoms with E-state index in [0.717, 1.165) is 48.1 Å². The van der Waals surface area contributed by atoms with Gasteiger partial charge in [-0.05, 0) is 23.8 Å². The van der Waals surface area contributed by atoms with Crippen LogP contribution in [-0.4, -0.2) is 35.0 Å². The molecule has 2 heterocycles. The zero-order valence-electron chi connectivity index (χ0n) is 14.2. The monoisotopic (exact) mass is 334 g/mol. The standard InChI is InChI=1S/C21H22N2O2/c24-21(14-16-15-22-20-9-5-4-8-19(16)20)23-12-10-18(11-13-23)25-17-6-2-1-3-7-17/h1-9,15,18,22H,10-14H2. The summed E-state index contributed by atoms with van der Waals surface area (Å²) in [6, 6.07) is 18.0. The van der Waals surface area contributed by atoms with Crippen LogP contribution in [0, 0.1) is 0 Å². The highest BCUT2D eigenvalue weighted by atomic mass is 16.5. The Hall–Kier alpha value is -2.75. The number of aromatic amines is 1. The van der Waals surface area contributed by atoms with Gasteiger partial charge in [-0.3, -0.25) is 4.79 Å². The molecule has 1 N–H and O–H groups in total. The molecular formula is C21H22N2O2. The van der Waals surface area contributed by atoms with E-state index in [0.29, 0.717) is 6.42 Å². The van der Waals surface area contributed by atoms with Gasteiger partial charge in [0.15, 0.2) is 0 Å². The molecule has 128 valence electrons. The Morgan fingerprint density at radius 3 is 2.56 bits per heavy atom. The van der Waals surface area contributed by atoms with Crippen LogP contribution in [0.2, 0.25) is 0 Å². The maximum absolute atomic E-state index is 12.6. The predicted molar refractivity (Wildman–Crippen MR) is 98.7 cm³/mol. The minimum atomic E-state index is 0.194. The first kappa shape index (κ1) is 15.8. The number of likely N-dealkylation sites (tertiary alicyclic amines) is 1. The summed E-state index contributed by atoms with van der Waals surface area (Å²) >= 11 is 0. The number of H-pyrrole nitrogens is 1. The molecule has 0 bridgehead atoms. The lowest BCUT2D eigenvalue weighted by Crippen LogP contribution is -2.42. The van der Waals surface area contributed by atoms with Gasteiger partial charge in [0.05, 0.1) is 6.42 Å². The second-order valence-corrected chi connectivity index (χ2v) is 6.55. The van der Waals surface area contributed by atoms with Crippen LogP contribution in [0.4, 0.5) is 0 Å². The normalized spacial score (nSPS) is 15.4. The van der Waals surface area contributed by atoms with Gasteiger partial charge in [-0.2, -0.15) is 0 Å². The third kappa shape index (κ3) is 3.53. The van der Waals surface area contributed by atoms with Crippen molar-refractivity contribution in [2.45, 2.75) is 25.4 Å². The van der Waals surface area contributed by atoms with Crippen molar-refractivity contribution >= 4 is 16.8 Å². The number of fused-ring (bicyclic) bond motifs is 1. The molecule has 1 aliphatic rings. The molecule has 1 aromatic heterocycles. The predicted octanol–water partition coefficient (Wildman–Crippen LogP) is 3.78. The topological polar surface area (TPSA) is 45.3 Å². The van der Waals surface area contributed by atoms with Gasteiger partial charge < -0.3 is 14.6 Å². The van der Waals surface area contributed by atoms with Crippen molar-refractivity contribution < 1.29 is 9.53 Å². The van der Waals surface area contributed by atoms with Gasteiger partial charge in [-0.25, -0.2) is 0 Å². The molecule has 1 aliphatic heterocycles. The van der Waals surface area contributed by atoms with Crippen molar-refractivity contribution in [2.75, 3.05) is 13.1 Å². The van der Waals surface area contributed by atoms with E-state index in [1.165, 1.54) is 0 Å². The Balaban J connectivity index is 1.33. The van der Waals surface area contributed by atoms with Crippen LogP contribution >= 0.6 is 0 Å². The third-order valence-electron chi connectivity index (χ3n) is 4.86. The fraction of sp³-hybridized carbons (Fsp3) is 0.286. The van der Waals surface area contributed by atoms with Crippen molar-refractivity contribution in [1.29, 1.82) is 0 Å². The Morgan fingerprint density at radius 2 is 1.76 bits per heavy atom. The highest BCUT2D eigenvalue weighted by molar-refractivity contribution is 5.88. The third-order valence-corrected chi connectivity index (χ3v) is 4.86. The number of rotatable bonds is 4. The number of nitrogens with zero attached hydrogens (tertiary/aromatic N) is 1. The van der Waals surface area contributed by atoms with Crippen LogP contribution < -0.4 is 4.74 Å². The maximum atomic E-state index is 12.6. The second kappa shape index (κ2) is 7.01. The van der Waals surface area contributed by atoms with Crippen LogP contribution in [0.5, 0.6) is 5.75 Å². The molecule has 0 saturated carbocycles. The molecule has 1 saturated heterocycles. The van der Waals surface area contributed by atoms with Gasteiger partial charge in [-0.15, -0.1) is 0 Å². The minimum Gasteiger partial charge on any atom is -0.490 e. The number of piperidine rings is 1. The van der Waals surface area contributed by atoms with Gasteiger partial charge in [0, 0.05) is 43.0 Å². The summed E-state index contributed by atoms with van der Waals surface area (Å²) < 4.78 is 6.00. The second-order valence-electron chi connectivity index (χ2n) is 6.55. The van der Waals surface area contributed by atoms with Crippen molar-refractivity contribution in [3.05, 3.63) is 66.4 Å². The largest absolute Gasteiger partial charge is 0.490 e. The van der Waals surface area contributed by atoms with Crippen molar-refractivity contribution in [1.82, 2.24) is 9.88 Å². The van der Waals surface area contributed by atoms with Gasteiger partial charge >= 0.3 is 0 Å². The van der Waals surface area contributed by atoms with E-state index in [1.54, 1.807) is 0 Å². The van der Waals surface area contributed by atoms with Gasteiger partial charge in [0.1, 0.15) is 11.9 Å². The van der Waals surface area contributed by atoms with E-state index in [4.69, 9.17) is 4.74 Å². The molecular weight excluding hydrogens is 312 g/mol. The van der Waals surface area contributed by atoms with E-state index in [9.17, 15) is 4.79 Å². The van der Waals surface area contributed by atoms with Gasteiger partial charge in [0.25, 0.3) is 0 Å². The Morgan fingerprint density at radius 1 is 1.04 bits per heavy atom. The molecule has 0 radical (unpaired) electrons. The zero-order valence-corrected chi connectivity index (χ0v) is 14.2. The summed E-state index contributed by atoms with van der Waals surface area (Å²) in [5, 5.41) is 1.14. The SMILES string of the molecule is O=C(Cc1c[nH]c2ccccc12)N1CCC(Oc2ccccc2)CC1. The van der Waals surface area contributed by atoms with E-state index < -0.39 is 0 Å². The molecule has 4 rings (SSSR count). The number of hydrogen-bond acceptors (Lipinski definition) is 2. The number of aromatic nitrogens is 1. The van der Waals surface area contributed by atoms with E-state index in [-0.39, 0.29) is 12.0 Å². The highest BCUT2D eigenvalue weighted by Crippen LogP contribution is 2.21. The summed E-state index contributed by atoms with van der Waals surface area (Å²) in [5.74, 6) is 1.11. The highest BCUT2D eigenvalue weighted by Gasteiger charge is 2.24. The molecule has 0 atom stereocenters. The Bertz CT molecular complexity index is 848. The van der Waals surface area contributed by atoms with Crippen LogP contribution in [0.1, 0.15) is 18.4 Å². The number of nitrogens with one attached hydrogen (secondary N) is 1. The molecule has 1 fully saturated rings. The van der Waals surface area contributed by atoms with Crippen molar-refractivity contribution in [3.63, 3.8) is 0 Å². The fourth-order valence-corrected chi connectivity index (χ4v) is 3.47. The average molecular weight is 334 g/mol. The first-order valence-corrected chi connectivity index (χ1v) is 8.84. The van der Waals surface area contributed by atoms with Crippen LogP contribution in [0.15, 0.2) is 60.8 Å². The summed E-state index contributed by atoms with van der Waals surface area (Å²) in [4.78, 5) is 17.9. The molecule has 0 unspecified atom stereocenters. The molecule has 4 nitrogen and oxygen atoms in total. The Kier molecular flexibility index (Phi) is 4.42. The molecule has 0 spiro atoms. The van der Waals surface area contributed by atoms with E-state index in [2.05, 4.69) is 11.1 Å². The number of carbonyl (C=O) groups is 1. The summed E-state index contributed by atoms with van der Waals surface area (Å²) in [6.45, 7) is 1.53. The van der Waals surface area contributed by atoms with Crippen molar-refractivity contribution in [3.8, 4) is 5.75 Å². The number of benzene rings is 2. The number of hydrogen-bond donors (Lipinski definition) is 1. The summed E-state index contributed by atoms with van der Waals surface area (Å²) in [7, 11) is 0. The summed E-state index contributed by atoms with van der Waals surface area (Å²) in [5.41, 5.74) is 2.16. The van der Waals surface area contributed by atoms with E-state index in [1.807, 2.05) is 59.6 Å². The van der Waals surface area contributed by atoms with Crippen molar-refractivity contribution in [2.24, 2.45) is 0 Å². The van der Waals surface area contributed by atoms with Crippen LogP contribution in [-0.2, 0) is 11.2 Å². The molecule has 4 heteroatoms. The lowest BCUT2D eigenvalue weighted by atomic mass is 10.1. The minimum absolute atomic E-state index is 0.194. The molecule has 25 heavy (non-hydrogen) atoms. The fourth-order valence-electron chi connectivity index (χ4n) is 3.47. The lowest BCUT2D eigenvalue weighted by molar-refractivity contribution is -0.132. The molecule has 3 aromatic rings. The first-order valence-electron chi connectivity index (χ1n) is 8.84. The lowest BCUT2D eigenvalue weighted by Gasteiger charge is -2.32. The smallest absolute Gasteiger partial charge is 0.227 e. The maximum Gasteiger partial charge on any atom is 0.227 e. The number of para-hydroxylation sites is 2. The number of ether oxygens (including phenoxy) is 1. The first-order chi connectivity index (χ1) is 12.3. The molecule has 2 aromatic carbocycles. The van der Waals surface area contributed by atoms with Crippen LogP contribution in [0.3, 0.4) is 0 Å². The molecule has 1 amide bonds. The van der Waals surface area contributed by atoms with Crippen LogP contribution in [0.25, 0.3) is 10.9 Å². The summed E-state index contributed by atoms with van der Waals surface area (Å²) in [6.07, 6.45) is 4.37. The van der Waals surface area contributed by atoms with Gasteiger partial charge in [0.2, 0.25) is 5.91 Å². The van der Waals surface area contributed by atoms with Gasteiger partial charge in [-0.1, -0.05) is 36.4 Å². The van der Waals surface area contributed by atoms with E-state index >= 15 is 0 Å². The number of carbonyl (C=O) groups excluding carboxylic acids is 1. The zero-order chi connectivity index (χ0) is 17.1.